The van der Waals surface area contributed by atoms with Gasteiger partial charge >= 0.3 is 0 Å². The summed E-state index contributed by atoms with van der Waals surface area (Å²) in [7, 11) is 1.12. The maximum Gasteiger partial charge on any atom is 0.0458 e. The molecule has 0 spiro atoms. The summed E-state index contributed by atoms with van der Waals surface area (Å²) in [5, 5.41) is 8.21. The molecule has 2 N–H and O–H groups in total. The highest BCUT2D eigenvalue weighted by molar-refractivity contribution is 6.33. The van der Waals surface area contributed by atoms with E-state index >= 15 is 0 Å². The zero-order chi connectivity index (χ0) is 10.4. The zero-order valence-corrected chi connectivity index (χ0v) is 11.3. The highest BCUT2D eigenvalue weighted by Crippen LogP contribution is 2.07. The summed E-state index contributed by atoms with van der Waals surface area (Å²) in [4.78, 5) is 0. The van der Waals surface area contributed by atoms with Crippen molar-refractivity contribution in [2.45, 2.75) is 19.9 Å². The molecule has 0 aromatic heterocycles. The van der Waals surface area contributed by atoms with Crippen molar-refractivity contribution in [3.63, 3.8) is 0 Å². The van der Waals surface area contributed by atoms with Gasteiger partial charge in [-0.15, -0.1) is 0 Å². The fourth-order valence-electron chi connectivity index (χ4n) is 1.53. The van der Waals surface area contributed by atoms with E-state index in [-0.39, 0.29) is 0 Å². The summed E-state index contributed by atoms with van der Waals surface area (Å²) in [6, 6.07) is 9.10. The highest BCUT2D eigenvalue weighted by atomic mass is 28.1. The lowest BCUT2D eigenvalue weighted by molar-refractivity contribution is 0.528. The monoisotopic (exact) mass is 208 g/mol. The SMILES string of the molecule is CCNCNC(C)c1ccccc1[SiH3]. The summed E-state index contributed by atoms with van der Waals surface area (Å²) in [5.41, 5.74) is 1.44. The second kappa shape index (κ2) is 5.96. The first-order chi connectivity index (χ1) is 6.75. The Bertz CT molecular complexity index is 276. The maximum absolute atomic E-state index is 3.45. The molecule has 1 aromatic rings. The Balaban J connectivity index is 2.51. The van der Waals surface area contributed by atoms with E-state index in [4.69, 9.17) is 0 Å². The van der Waals surface area contributed by atoms with Crippen molar-refractivity contribution in [3.05, 3.63) is 29.8 Å². The van der Waals surface area contributed by atoms with E-state index < -0.39 is 0 Å². The van der Waals surface area contributed by atoms with Gasteiger partial charge in [0, 0.05) is 23.0 Å². The minimum atomic E-state index is 0.447. The van der Waals surface area contributed by atoms with Crippen molar-refractivity contribution < 1.29 is 0 Å². The van der Waals surface area contributed by atoms with Crippen LogP contribution >= 0.6 is 0 Å². The predicted molar refractivity (Wildman–Crippen MR) is 66.1 cm³/mol. The van der Waals surface area contributed by atoms with E-state index in [1.54, 1.807) is 0 Å². The second-order valence-electron chi connectivity index (χ2n) is 3.56. The molecule has 0 saturated carbocycles. The standard InChI is InChI=1S/C11H20N2Si/c1-3-12-8-13-9(2)10-6-4-5-7-11(10)14/h4-7,9,12-13H,3,8H2,1-2,14H3. The first-order valence-electron chi connectivity index (χ1n) is 5.25. The third kappa shape index (κ3) is 3.25. The molecule has 3 heteroatoms. The molecule has 0 bridgehead atoms. The number of hydrogen-bond donors (Lipinski definition) is 2. The molecule has 14 heavy (non-hydrogen) atoms. The predicted octanol–water partition coefficient (Wildman–Crippen LogP) is -0.105. The van der Waals surface area contributed by atoms with E-state index in [1.165, 1.54) is 10.8 Å². The lowest BCUT2D eigenvalue weighted by Gasteiger charge is -2.16. The van der Waals surface area contributed by atoms with E-state index in [9.17, 15) is 0 Å². The summed E-state index contributed by atoms with van der Waals surface area (Å²) in [6.45, 7) is 6.23. The van der Waals surface area contributed by atoms with E-state index in [1.807, 2.05) is 0 Å². The minimum absolute atomic E-state index is 0.447. The van der Waals surface area contributed by atoms with Crippen molar-refractivity contribution in [1.82, 2.24) is 10.6 Å². The Hall–Kier alpha value is -0.643. The molecule has 1 aromatic carbocycles. The van der Waals surface area contributed by atoms with E-state index in [0.29, 0.717) is 6.04 Å². The smallest absolute Gasteiger partial charge is 0.0458 e. The van der Waals surface area contributed by atoms with Gasteiger partial charge < -0.3 is 5.32 Å². The summed E-state index contributed by atoms with van der Waals surface area (Å²) >= 11 is 0. The molecule has 0 saturated heterocycles. The van der Waals surface area contributed by atoms with Crippen LogP contribution in [0, 0.1) is 0 Å². The van der Waals surface area contributed by atoms with E-state index in [0.717, 1.165) is 23.5 Å². The van der Waals surface area contributed by atoms with Gasteiger partial charge in [-0.3, -0.25) is 5.32 Å². The molecular weight excluding hydrogens is 188 g/mol. The van der Waals surface area contributed by atoms with Crippen LogP contribution in [0.5, 0.6) is 0 Å². The largest absolute Gasteiger partial charge is 0.305 e. The van der Waals surface area contributed by atoms with Crippen LogP contribution in [-0.4, -0.2) is 23.5 Å². The summed E-state index contributed by atoms with van der Waals surface area (Å²) in [5.74, 6) is 0. The average Bonchev–Trinajstić information content (AvgIpc) is 2.18. The van der Waals surface area contributed by atoms with Crippen LogP contribution in [0.1, 0.15) is 25.5 Å². The van der Waals surface area contributed by atoms with Gasteiger partial charge in [-0.25, -0.2) is 0 Å². The maximum atomic E-state index is 3.45. The van der Waals surface area contributed by atoms with Crippen molar-refractivity contribution in [1.29, 1.82) is 0 Å². The third-order valence-corrected chi connectivity index (χ3v) is 3.35. The van der Waals surface area contributed by atoms with E-state index in [2.05, 4.69) is 48.7 Å². The van der Waals surface area contributed by atoms with Gasteiger partial charge in [0.15, 0.2) is 0 Å². The van der Waals surface area contributed by atoms with Gasteiger partial charge in [-0.05, 0) is 19.0 Å². The topological polar surface area (TPSA) is 24.1 Å². The van der Waals surface area contributed by atoms with Crippen LogP contribution in [-0.2, 0) is 0 Å². The molecule has 1 rings (SSSR count). The molecule has 0 aliphatic carbocycles. The Morgan fingerprint density at radius 3 is 2.71 bits per heavy atom. The van der Waals surface area contributed by atoms with Crippen LogP contribution < -0.4 is 15.8 Å². The zero-order valence-electron chi connectivity index (χ0n) is 9.30. The van der Waals surface area contributed by atoms with Crippen molar-refractivity contribution >= 4 is 15.4 Å². The van der Waals surface area contributed by atoms with Crippen LogP contribution in [0.4, 0.5) is 0 Å². The van der Waals surface area contributed by atoms with Crippen molar-refractivity contribution in [2.24, 2.45) is 0 Å². The Labute approximate surface area is 89.5 Å². The fraction of sp³-hybridized carbons (Fsp3) is 0.455. The summed E-state index contributed by atoms with van der Waals surface area (Å²) in [6.07, 6.45) is 0. The lowest BCUT2D eigenvalue weighted by Crippen LogP contribution is -2.32. The molecular formula is C11H20N2Si. The lowest BCUT2D eigenvalue weighted by atomic mass is 10.1. The quantitative estimate of drug-likeness (QED) is 0.401. The number of nitrogens with one attached hydrogen (secondary N) is 2. The van der Waals surface area contributed by atoms with Crippen molar-refractivity contribution in [3.8, 4) is 0 Å². The van der Waals surface area contributed by atoms with Crippen LogP contribution in [0.2, 0.25) is 0 Å². The number of rotatable bonds is 5. The molecule has 0 radical (unpaired) electrons. The number of hydrogen-bond acceptors (Lipinski definition) is 2. The normalized spacial score (nSPS) is 13.0. The first-order valence-corrected chi connectivity index (χ1v) is 6.25. The second-order valence-corrected chi connectivity index (χ2v) is 4.64. The Morgan fingerprint density at radius 2 is 2.07 bits per heavy atom. The first kappa shape index (κ1) is 11.4. The van der Waals surface area contributed by atoms with Gasteiger partial charge in [0.1, 0.15) is 0 Å². The molecule has 0 aliphatic heterocycles. The summed E-state index contributed by atoms with van der Waals surface area (Å²) < 4.78 is 0. The Morgan fingerprint density at radius 1 is 1.36 bits per heavy atom. The molecule has 1 unspecified atom stereocenters. The molecule has 78 valence electrons. The van der Waals surface area contributed by atoms with Gasteiger partial charge in [0.2, 0.25) is 0 Å². The van der Waals surface area contributed by atoms with Gasteiger partial charge in [-0.1, -0.05) is 36.4 Å². The fourth-order valence-corrected chi connectivity index (χ4v) is 2.32. The van der Waals surface area contributed by atoms with Gasteiger partial charge in [0.25, 0.3) is 0 Å². The molecule has 1 atom stereocenters. The molecule has 2 nitrogen and oxygen atoms in total. The number of benzene rings is 1. The van der Waals surface area contributed by atoms with Crippen LogP contribution in [0.25, 0.3) is 0 Å². The van der Waals surface area contributed by atoms with Crippen LogP contribution in [0.3, 0.4) is 0 Å². The Kier molecular flexibility index (Phi) is 4.86. The average molecular weight is 208 g/mol. The third-order valence-electron chi connectivity index (χ3n) is 2.44. The highest BCUT2D eigenvalue weighted by Gasteiger charge is 2.05. The van der Waals surface area contributed by atoms with Gasteiger partial charge in [0.05, 0.1) is 0 Å². The van der Waals surface area contributed by atoms with Crippen LogP contribution in [0.15, 0.2) is 24.3 Å². The van der Waals surface area contributed by atoms with Crippen molar-refractivity contribution in [2.75, 3.05) is 13.2 Å². The molecule has 0 aliphatic rings. The molecule has 0 amide bonds. The molecule has 0 heterocycles. The minimum Gasteiger partial charge on any atom is -0.305 e. The molecule has 0 fully saturated rings. The van der Waals surface area contributed by atoms with Gasteiger partial charge in [-0.2, -0.15) is 0 Å².